The van der Waals surface area contributed by atoms with Gasteiger partial charge in [0.15, 0.2) is 5.78 Å². The molecule has 1 aliphatic carbocycles. The Balaban J connectivity index is 1.87. The van der Waals surface area contributed by atoms with Crippen molar-refractivity contribution in [2.24, 2.45) is 0 Å². The highest BCUT2D eigenvalue weighted by molar-refractivity contribution is 5.97. The lowest BCUT2D eigenvalue weighted by molar-refractivity contribution is 0.0982. The van der Waals surface area contributed by atoms with Gasteiger partial charge >= 0.3 is 0 Å². The van der Waals surface area contributed by atoms with E-state index in [1.807, 2.05) is 24.4 Å². The number of hydrogen-bond acceptors (Lipinski definition) is 2. The lowest BCUT2D eigenvalue weighted by Crippen LogP contribution is -2.00. The summed E-state index contributed by atoms with van der Waals surface area (Å²) in [6.07, 6.45) is 9.75. The van der Waals surface area contributed by atoms with Crippen molar-refractivity contribution in [3.05, 3.63) is 53.6 Å². The molecule has 0 amide bonds. The lowest BCUT2D eigenvalue weighted by atomic mass is 10.1. The van der Waals surface area contributed by atoms with Gasteiger partial charge in [-0.3, -0.25) is 9.78 Å². The molecule has 1 aliphatic rings. The Morgan fingerprint density at radius 3 is 2.89 bits per heavy atom. The number of pyridine rings is 1. The fraction of sp³-hybridized carbons (Fsp3) is 0.333. The van der Waals surface area contributed by atoms with Crippen LogP contribution in [0.15, 0.2) is 36.8 Å². The zero-order valence-electron chi connectivity index (χ0n) is 10.3. The maximum atomic E-state index is 11.9. The molecule has 2 heterocycles. The molecule has 3 nitrogen and oxygen atoms in total. The average molecular weight is 240 g/mol. The summed E-state index contributed by atoms with van der Waals surface area (Å²) in [4.78, 5) is 16.3. The first kappa shape index (κ1) is 11.2. The van der Waals surface area contributed by atoms with Gasteiger partial charge in [0.1, 0.15) is 0 Å². The van der Waals surface area contributed by atoms with Crippen LogP contribution in [-0.2, 0) is 13.0 Å². The minimum absolute atomic E-state index is 0.294. The van der Waals surface area contributed by atoms with E-state index in [-0.39, 0.29) is 0 Å². The summed E-state index contributed by atoms with van der Waals surface area (Å²) >= 11 is 0. The van der Waals surface area contributed by atoms with Crippen LogP contribution < -0.4 is 0 Å². The molecule has 18 heavy (non-hydrogen) atoms. The summed E-state index contributed by atoms with van der Waals surface area (Å²) in [6, 6.07) is 5.91. The minimum Gasteiger partial charge on any atom is -0.347 e. The van der Waals surface area contributed by atoms with Crippen LogP contribution in [0.3, 0.4) is 0 Å². The predicted molar refractivity (Wildman–Crippen MR) is 69.7 cm³/mol. The number of carbonyl (C=O) groups excluding carboxylic acids is 1. The number of Topliss-reactive ketones (excluding diaryl/α,β-unsaturated/α-hetero) is 1. The molecule has 2 aromatic heterocycles. The molecule has 0 unspecified atom stereocenters. The molecule has 0 spiro atoms. The van der Waals surface area contributed by atoms with Crippen molar-refractivity contribution in [1.82, 2.24) is 9.55 Å². The van der Waals surface area contributed by atoms with E-state index in [2.05, 4.69) is 15.7 Å². The first-order valence-electron chi connectivity index (χ1n) is 6.45. The van der Waals surface area contributed by atoms with Gasteiger partial charge in [-0.15, -0.1) is 0 Å². The standard InChI is InChI=1S/C15H16N2O/c18-15-7-2-1-5-12-9-17(11-14(12)15)10-13-6-3-4-8-16-13/h3-4,6,8-9,11H,1-2,5,7,10H2. The Morgan fingerprint density at radius 2 is 2.06 bits per heavy atom. The van der Waals surface area contributed by atoms with E-state index in [0.717, 1.165) is 37.1 Å². The minimum atomic E-state index is 0.294. The van der Waals surface area contributed by atoms with Crippen molar-refractivity contribution < 1.29 is 4.79 Å². The van der Waals surface area contributed by atoms with Gasteiger partial charge in [0, 0.05) is 30.6 Å². The van der Waals surface area contributed by atoms with Gasteiger partial charge in [-0.1, -0.05) is 6.07 Å². The highest BCUT2D eigenvalue weighted by Crippen LogP contribution is 2.21. The number of aryl methyl sites for hydroxylation is 1. The van der Waals surface area contributed by atoms with Crippen LogP contribution >= 0.6 is 0 Å². The number of ketones is 1. The molecule has 92 valence electrons. The molecule has 0 saturated heterocycles. The first-order chi connectivity index (χ1) is 8.83. The number of nitrogens with zero attached hydrogens (tertiary/aromatic N) is 2. The zero-order valence-corrected chi connectivity index (χ0v) is 10.3. The summed E-state index contributed by atoms with van der Waals surface area (Å²) < 4.78 is 2.08. The zero-order chi connectivity index (χ0) is 12.4. The quantitative estimate of drug-likeness (QED) is 0.756. The highest BCUT2D eigenvalue weighted by atomic mass is 16.1. The molecule has 2 aromatic rings. The summed E-state index contributed by atoms with van der Waals surface area (Å²) in [5.41, 5.74) is 3.15. The molecular formula is C15H16N2O. The fourth-order valence-corrected chi connectivity index (χ4v) is 2.51. The summed E-state index contributed by atoms with van der Waals surface area (Å²) in [5.74, 6) is 0.294. The maximum absolute atomic E-state index is 11.9. The second-order valence-corrected chi connectivity index (χ2v) is 4.82. The Hall–Kier alpha value is -1.90. The Morgan fingerprint density at radius 1 is 1.17 bits per heavy atom. The smallest absolute Gasteiger partial charge is 0.164 e. The molecule has 3 heteroatoms. The largest absolute Gasteiger partial charge is 0.347 e. The van der Waals surface area contributed by atoms with Crippen LogP contribution in [-0.4, -0.2) is 15.3 Å². The van der Waals surface area contributed by atoms with Crippen molar-refractivity contribution >= 4 is 5.78 Å². The van der Waals surface area contributed by atoms with Crippen molar-refractivity contribution in [2.75, 3.05) is 0 Å². The average Bonchev–Trinajstić information content (AvgIpc) is 2.71. The third kappa shape index (κ3) is 2.21. The molecular weight excluding hydrogens is 224 g/mol. The molecule has 0 N–H and O–H groups in total. The van der Waals surface area contributed by atoms with E-state index < -0.39 is 0 Å². The van der Waals surface area contributed by atoms with Gasteiger partial charge in [-0.05, 0) is 37.0 Å². The van der Waals surface area contributed by atoms with E-state index >= 15 is 0 Å². The molecule has 3 rings (SSSR count). The number of carbonyl (C=O) groups is 1. The monoisotopic (exact) mass is 240 g/mol. The van der Waals surface area contributed by atoms with Gasteiger partial charge in [-0.25, -0.2) is 0 Å². The highest BCUT2D eigenvalue weighted by Gasteiger charge is 2.17. The number of fused-ring (bicyclic) bond motifs is 1. The number of hydrogen-bond donors (Lipinski definition) is 0. The topological polar surface area (TPSA) is 34.9 Å². The van der Waals surface area contributed by atoms with Crippen LogP contribution in [0.1, 0.15) is 40.9 Å². The normalized spacial score (nSPS) is 15.2. The summed E-state index contributed by atoms with van der Waals surface area (Å²) in [5, 5.41) is 0. The molecule has 0 fully saturated rings. The summed E-state index contributed by atoms with van der Waals surface area (Å²) in [7, 11) is 0. The SMILES string of the molecule is O=C1CCCCc2cn(Cc3ccccn3)cc21. The Kier molecular flexibility index (Phi) is 2.97. The van der Waals surface area contributed by atoms with Gasteiger partial charge in [-0.2, -0.15) is 0 Å². The third-order valence-corrected chi connectivity index (χ3v) is 3.43. The van der Waals surface area contributed by atoms with E-state index in [1.54, 1.807) is 6.20 Å². The Labute approximate surface area is 106 Å². The van der Waals surface area contributed by atoms with Crippen LogP contribution in [0.4, 0.5) is 0 Å². The summed E-state index contributed by atoms with van der Waals surface area (Å²) in [6.45, 7) is 0.737. The number of aromatic nitrogens is 2. The van der Waals surface area contributed by atoms with Crippen LogP contribution in [0, 0.1) is 0 Å². The van der Waals surface area contributed by atoms with E-state index in [0.29, 0.717) is 12.2 Å². The fourth-order valence-electron chi connectivity index (χ4n) is 2.51. The van der Waals surface area contributed by atoms with Gasteiger partial charge in [0.05, 0.1) is 12.2 Å². The molecule has 0 aromatic carbocycles. The van der Waals surface area contributed by atoms with E-state index in [1.165, 1.54) is 5.56 Å². The van der Waals surface area contributed by atoms with Crippen molar-refractivity contribution in [2.45, 2.75) is 32.2 Å². The second-order valence-electron chi connectivity index (χ2n) is 4.82. The van der Waals surface area contributed by atoms with Gasteiger partial charge in [0.2, 0.25) is 0 Å². The second kappa shape index (κ2) is 4.77. The molecule has 0 radical (unpaired) electrons. The van der Waals surface area contributed by atoms with Crippen molar-refractivity contribution in [3.63, 3.8) is 0 Å². The Bertz CT molecular complexity index is 557. The van der Waals surface area contributed by atoms with Crippen LogP contribution in [0.5, 0.6) is 0 Å². The molecule has 0 aliphatic heterocycles. The van der Waals surface area contributed by atoms with Gasteiger partial charge in [0.25, 0.3) is 0 Å². The van der Waals surface area contributed by atoms with E-state index in [9.17, 15) is 4.79 Å². The van der Waals surface area contributed by atoms with Crippen molar-refractivity contribution in [1.29, 1.82) is 0 Å². The van der Waals surface area contributed by atoms with Crippen molar-refractivity contribution in [3.8, 4) is 0 Å². The number of rotatable bonds is 2. The lowest BCUT2D eigenvalue weighted by Gasteiger charge is -2.01. The predicted octanol–water partition coefficient (Wildman–Crippen LogP) is 2.84. The molecule has 0 atom stereocenters. The maximum Gasteiger partial charge on any atom is 0.164 e. The first-order valence-corrected chi connectivity index (χ1v) is 6.45. The molecule has 0 bridgehead atoms. The van der Waals surface area contributed by atoms with Gasteiger partial charge < -0.3 is 4.57 Å². The molecule has 0 saturated carbocycles. The van der Waals surface area contributed by atoms with Crippen LogP contribution in [0.2, 0.25) is 0 Å². The van der Waals surface area contributed by atoms with Crippen LogP contribution in [0.25, 0.3) is 0 Å². The third-order valence-electron chi connectivity index (χ3n) is 3.43. The van der Waals surface area contributed by atoms with E-state index in [4.69, 9.17) is 0 Å².